The number of halogens is 1. The lowest BCUT2D eigenvalue weighted by Crippen LogP contribution is -2.39. The van der Waals surface area contributed by atoms with E-state index in [2.05, 4.69) is 32.6 Å². The molecule has 5 aromatic rings. The zero-order valence-corrected chi connectivity index (χ0v) is 23.6. The summed E-state index contributed by atoms with van der Waals surface area (Å²) in [6.45, 7) is 2.28. The number of urea groups is 1. The number of imidazole rings is 1. The molecule has 0 spiro atoms. The minimum atomic E-state index is -0.680. The number of aromatic amines is 1. The number of nitrogens with one attached hydrogen (secondary N) is 3. The van der Waals surface area contributed by atoms with E-state index in [1.165, 1.54) is 0 Å². The zero-order chi connectivity index (χ0) is 29.0. The summed E-state index contributed by atoms with van der Waals surface area (Å²) in [5.41, 5.74) is 6.40. The Labute approximate surface area is 246 Å². The Balaban J connectivity index is 0.971. The van der Waals surface area contributed by atoms with Crippen LogP contribution in [0.5, 0.6) is 0 Å². The van der Waals surface area contributed by atoms with E-state index in [0.717, 1.165) is 50.3 Å². The fourth-order valence-corrected chi connectivity index (χ4v) is 6.25. The highest BCUT2D eigenvalue weighted by molar-refractivity contribution is 6.35. The molecule has 2 aliphatic rings. The van der Waals surface area contributed by atoms with Gasteiger partial charge in [0, 0.05) is 48.8 Å². The van der Waals surface area contributed by atoms with Crippen molar-refractivity contribution in [1.82, 2.24) is 35.1 Å². The quantitative estimate of drug-likeness (QED) is 0.235. The van der Waals surface area contributed by atoms with Crippen molar-refractivity contribution < 1.29 is 14.4 Å². The minimum Gasteiger partial charge on any atom is -0.360 e. The lowest BCUT2D eigenvalue weighted by Gasteiger charge is -2.14. The van der Waals surface area contributed by atoms with Crippen molar-refractivity contribution in [2.75, 3.05) is 13.1 Å². The van der Waals surface area contributed by atoms with Crippen molar-refractivity contribution in [3.8, 4) is 0 Å². The first-order chi connectivity index (χ1) is 20.4. The number of para-hydroxylation sites is 1. The first-order valence-corrected chi connectivity index (χ1v) is 14.3. The monoisotopic (exact) mass is 581 g/mol. The van der Waals surface area contributed by atoms with Gasteiger partial charge >= 0.3 is 6.03 Å². The van der Waals surface area contributed by atoms with Crippen LogP contribution in [0.15, 0.2) is 67.1 Å². The highest BCUT2D eigenvalue weighted by atomic mass is 35.5. The third-order valence-electron chi connectivity index (χ3n) is 8.32. The molecule has 4 amide bonds. The highest BCUT2D eigenvalue weighted by Crippen LogP contribution is 2.55. The van der Waals surface area contributed by atoms with E-state index in [4.69, 9.17) is 11.6 Å². The fourth-order valence-electron chi connectivity index (χ4n) is 6.02. The molecule has 11 heteroatoms. The number of aromatic nitrogens is 4. The largest absolute Gasteiger partial charge is 0.360 e. The van der Waals surface area contributed by atoms with Crippen molar-refractivity contribution in [2.24, 2.45) is 0 Å². The molecule has 2 aromatic carbocycles. The van der Waals surface area contributed by atoms with Crippen molar-refractivity contribution in [2.45, 2.75) is 37.6 Å². The van der Waals surface area contributed by atoms with Crippen LogP contribution in [0.25, 0.3) is 16.6 Å². The molecule has 42 heavy (non-hydrogen) atoms. The van der Waals surface area contributed by atoms with Crippen molar-refractivity contribution in [3.05, 3.63) is 100 Å². The van der Waals surface area contributed by atoms with E-state index >= 15 is 0 Å². The van der Waals surface area contributed by atoms with E-state index in [1.807, 2.05) is 53.3 Å². The maximum Gasteiger partial charge on any atom is 0.324 e. The van der Waals surface area contributed by atoms with Gasteiger partial charge in [-0.1, -0.05) is 29.8 Å². The smallest absolute Gasteiger partial charge is 0.324 e. The lowest BCUT2D eigenvalue weighted by atomic mass is 9.99. The normalized spacial score (nSPS) is 20.0. The number of imide groups is 1. The van der Waals surface area contributed by atoms with Gasteiger partial charge in [-0.3, -0.25) is 14.5 Å². The number of carbonyl (C=O) groups excluding carboxylic acids is 3. The maximum absolute atomic E-state index is 13.0. The molecule has 10 nitrogen and oxygen atoms in total. The molecular formula is C31H28ClN7O3. The van der Waals surface area contributed by atoms with Crippen LogP contribution in [0.2, 0.25) is 5.02 Å². The molecule has 1 saturated heterocycles. The van der Waals surface area contributed by atoms with E-state index in [9.17, 15) is 14.4 Å². The average Bonchev–Trinajstić information content (AvgIpc) is 3.33. The lowest BCUT2D eigenvalue weighted by molar-refractivity contribution is -0.127. The molecule has 0 bridgehead atoms. The van der Waals surface area contributed by atoms with Gasteiger partial charge in [0.2, 0.25) is 0 Å². The third kappa shape index (κ3) is 4.57. The van der Waals surface area contributed by atoms with Gasteiger partial charge in [-0.2, -0.15) is 5.10 Å². The standard InChI is InChI=1S/C31H28ClN7O3/c1-17-7-8-18(12-21(17)22-14-23(22)26-16-34-27-6-3-9-36-39(26)27)29(40)33-10-11-38-30(41)25(37-31(38)42)13-19-15-35-28-20(19)4-2-5-24(28)32/h2-9,12,15-16,22-23,25,35H,10-11,13-14H2,1H3,(H,33,40)(H,37,42)/t22-,23+,25?/m1/s1. The Morgan fingerprint density at radius 3 is 2.90 bits per heavy atom. The van der Waals surface area contributed by atoms with Crippen LogP contribution < -0.4 is 10.6 Å². The number of amides is 4. The zero-order valence-electron chi connectivity index (χ0n) is 22.8. The summed E-state index contributed by atoms with van der Waals surface area (Å²) in [6, 6.07) is 14.0. The molecular weight excluding hydrogens is 554 g/mol. The second-order valence-electron chi connectivity index (χ2n) is 10.9. The number of benzene rings is 2. The maximum atomic E-state index is 13.0. The number of carbonyl (C=O) groups is 3. The second kappa shape index (κ2) is 10.3. The van der Waals surface area contributed by atoms with Crippen LogP contribution in [0.1, 0.15) is 51.0 Å². The van der Waals surface area contributed by atoms with Gasteiger partial charge in [0.05, 0.1) is 22.4 Å². The Morgan fingerprint density at radius 2 is 2.02 bits per heavy atom. The molecule has 3 atom stereocenters. The van der Waals surface area contributed by atoms with Gasteiger partial charge in [0.1, 0.15) is 6.04 Å². The predicted octanol–water partition coefficient (Wildman–Crippen LogP) is 4.34. The molecule has 1 unspecified atom stereocenters. The van der Waals surface area contributed by atoms with Crippen molar-refractivity contribution >= 4 is 46.0 Å². The van der Waals surface area contributed by atoms with Crippen molar-refractivity contribution in [3.63, 3.8) is 0 Å². The summed E-state index contributed by atoms with van der Waals surface area (Å²) < 4.78 is 1.88. The fraction of sp³-hybridized carbons (Fsp3) is 0.258. The minimum absolute atomic E-state index is 0.0807. The summed E-state index contributed by atoms with van der Waals surface area (Å²) in [4.78, 5) is 47.5. The summed E-state index contributed by atoms with van der Waals surface area (Å²) >= 11 is 6.25. The van der Waals surface area contributed by atoms with E-state index in [0.29, 0.717) is 22.9 Å². The van der Waals surface area contributed by atoms with Gasteiger partial charge in [0.25, 0.3) is 11.8 Å². The van der Waals surface area contributed by atoms with Crippen LogP contribution in [0, 0.1) is 6.92 Å². The van der Waals surface area contributed by atoms with Gasteiger partial charge in [-0.05, 0) is 66.3 Å². The molecule has 3 aromatic heterocycles. The number of H-pyrrole nitrogens is 1. The van der Waals surface area contributed by atoms with Gasteiger partial charge in [-0.15, -0.1) is 0 Å². The first kappa shape index (κ1) is 26.2. The Bertz CT molecular complexity index is 1880. The summed E-state index contributed by atoms with van der Waals surface area (Å²) in [7, 11) is 0. The molecule has 2 fully saturated rings. The average molecular weight is 582 g/mol. The van der Waals surface area contributed by atoms with E-state index in [1.54, 1.807) is 18.3 Å². The second-order valence-corrected chi connectivity index (χ2v) is 11.3. The Hall–Kier alpha value is -4.70. The summed E-state index contributed by atoms with van der Waals surface area (Å²) in [5.74, 6) is 0.0191. The highest BCUT2D eigenvalue weighted by Gasteiger charge is 2.43. The van der Waals surface area contributed by atoms with E-state index in [-0.39, 0.29) is 30.8 Å². The first-order valence-electron chi connectivity index (χ1n) is 13.9. The molecule has 1 saturated carbocycles. The summed E-state index contributed by atoms with van der Waals surface area (Å²) in [5, 5.41) is 11.6. The number of fused-ring (bicyclic) bond motifs is 2. The molecule has 4 heterocycles. The molecule has 3 N–H and O–H groups in total. The van der Waals surface area contributed by atoms with E-state index < -0.39 is 12.1 Å². The Kier molecular flexibility index (Phi) is 6.42. The third-order valence-corrected chi connectivity index (χ3v) is 8.63. The van der Waals surface area contributed by atoms with Gasteiger partial charge in [0.15, 0.2) is 5.65 Å². The topological polar surface area (TPSA) is 124 Å². The number of rotatable bonds is 8. The number of hydrogen-bond donors (Lipinski definition) is 3. The number of hydrogen-bond acceptors (Lipinski definition) is 5. The molecule has 0 radical (unpaired) electrons. The molecule has 1 aliphatic carbocycles. The SMILES string of the molecule is Cc1ccc(C(=O)NCCN2C(=O)NC(Cc3c[nH]c4c(Cl)cccc34)C2=O)cc1[C@H]1C[C@@H]1c1cnc2cccnn12. The van der Waals surface area contributed by atoms with Crippen molar-refractivity contribution in [1.29, 1.82) is 0 Å². The van der Waals surface area contributed by atoms with Crippen LogP contribution in [0.3, 0.4) is 0 Å². The number of nitrogens with zero attached hydrogens (tertiary/aromatic N) is 4. The molecule has 212 valence electrons. The van der Waals surface area contributed by atoms with Crippen LogP contribution in [-0.4, -0.2) is 61.5 Å². The van der Waals surface area contributed by atoms with Gasteiger partial charge in [-0.25, -0.2) is 14.3 Å². The van der Waals surface area contributed by atoms with Crippen LogP contribution in [-0.2, 0) is 11.2 Å². The van der Waals surface area contributed by atoms with Crippen LogP contribution in [0.4, 0.5) is 4.79 Å². The molecule has 1 aliphatic heterocycles. The van der Waals surface area contributed by atoms with Gasteiger partial charge < -0.3 is 15.6 Å². The predicted molar refractivity (Wildman–Crippen MR) is 158 cm³/mol. The molecule has 7 rings (SSSR count). The summed E-state index contributed by atoms with van der Waals surface area (Å²) in [6.07, 6.45) is 6.76. The van der Waals surface area contributed by atoms with Crippen LogP contribution >= 0.6 is 11.6 Å². The Morgan fingerprint density at radius 1 is 1.14 bits per heavy atom. The number of aryl methyl sites for hydroxylation is 1.